The van der Waals surface area contributed by atoms with Gasteiger partial charge in [-0.05, 0) is 42.7 Å². The molecule has 1 saturated carbocycles. The molecule has 1 unspecified atom stereocenters. The van der Waals surface area contributed by atoms with Crippen LogP contribution < -0.4 is 5.73 Å². The van der Waals surface area contributed by atoms with Crippen LogP contribution in [0.3, 0.4) is 0 Å². The fourth-order valence-corrected chi connectivity index (χ4v) is 2.67. The summed E-state index contributed by atoms with van der Waals surface area (Å²) < 4.78 is 5.82. The Labute approximate surface area is 84.5 Å². The molecule has 0 bridgehead atoms. The van der Waals surface area contributed by atoms with E-state index in [1.165, 1.54) is 31.2 Å². The van der Waals surface area contributed by atoms with Crippen LogP contribution in [0.5, 0.6) is 0 Å². The largest absolute Gasteiger partial charge is 0.464 e. The van der Waals surface area contributed by atoms with Gasteiger partial charge in [-0.2, -0.15) is 0 Å². The van der Waals surface area contributed by atoms with Gasteiger partial charge in [-0.25, -0.2) is 0 Å². The molecule has 0 aliphatic heterocycles. The second kappa shape index (κ2) is 2.63. The zero-order valence-electron chi connectivity index (χ0n) is 8.68. The molecule has 1 aromatic rings. The molecule has 0 radical (unpaired) electrons. The molecule has 2 N–H and O–H groups in total. The summed E-state index contributed by atoms with van der Waals surface area (Å²) in [5.41, 5.74) is 8.05. The van der Waals surface area contributed by atoms with Gasteiger partial charge in [0, 0.05) is 6.42 Å². The van der Waals surface area contributed by atoms with Crippen molar-refractivity contribution in [3.8, 4) is 0 Å². The van der Waals surface area contributed by atoms with Crippen molar-refractivity contribution >= 4 is 0 Å². The number of hydrogen-bond donors (Lipinski definition) is 1. The quantitative estimate of drug-likeness (QED) is 0.741. The fourth-order valence-electron chi connectivity index (χ4n) is 2.67. The van der Waals surface area contributed by atoms with Gasteiger partial charge >= 0.3 is 0 Å². The summed E-state index contributed by atoms with van der Waals surface area (Å²) >= 11 is 0. The van der Waals surface area contributed by atoms with Gasteiger partial charge in [-0.15, -0.1) is 0 Å². The number of nitrogens with two attached hydrogens (primary N) is 1. The molecule has 0 aromatic carbocycles. The van der Waals surface area contributed by atoms with Gasteiger partial charge in [0.1, 0.15) is 11.5 Å². The number of rotatable bonds is 1. The highest BCUT2D eigenvalue weighted by Gasteiger charge is 2.51. The minimum atomic E-state index is 0.173. The van der Waals surface area contributed by atoms with E-state index in [0.29, 0.717) is 5.41 Å². The summed E-state index contributed by atoms with van der Waals surface area (Å²) in [5, 5.41) is 0. The van der Waals surface area contributed by atoms with Gasteiger partial charge in [0.15, 0.2) is 0 Å². The van der Waals surface area contributed by atoms with E-state index in [2.05, 4.69) is 13.0 Å². The number of hydrogen-bond acceptors (Lipinski definition) is 2. The Morgan fingerprint density at radius 2 is 2.29 bits per heavy atom. The van der Waals surface area contributed by atoms with Crippen LogP contribution in [0.25, 0.3) is 0 Å². The van der Waals surface area contributed by atoms with E-state index >= 15 is 0 Å². The maximum atomic E-state index is 6.26. The molecule has 1 spiro atoms. The topological polar surface area (TPSA) is 39.2 Å². The summed E-state index contributed by atoms with van der Waals surface area (Å²) in [5.74, 6) is 2.19. The first kappa shape index (κ1) is 8.54. The Morgan fingerprint density at radius 1 is 1.50 bits per heavy atom. The van der Waals surface area contributed by atoms with Crippen LogP contribution in [0.2, 0.25) is 0 Å². The molecular weight excluding hydrogens is 174 g/mol. The predicted molar refractivity (Wildman–Crippen MR) is 55.0 cm³/mol. The number of aryl methyl sites for hydroxylation is 2. The van der Waals surface area contributed by atoms with Crippen LogP contribution >= 0.6 is 0 Å². The second-order valence-corrected chi connectivity index (χ2v) is 4.80. The molecule has 76 valence electrons. The van der Waals surface area contributed by atoms with E-state index in [1.54, 1.807) is 0 Å². The van der Waals surface area contributed by atoms with Crippen LogP contribution in [0.15, 0.2) is 10.5 Å². The normalized spacial score (nSPS) is 27.7. The van der Waals surface area contributed by atoms with Crippen molar-refractivity contribution < 1.29 is 4.42 Å². The van der Waals surface area contributed by atoms with Crippen molar-refractivity contribution in [1.82, 2.24) is 0 Å². The maximum absolute atomic E-state index is 6.26. The Morgan fingerprint density at radius 3 is 2.93 bits per heavy atom. The third kappa shape index (κ3) is 1.01. The van der Waals surface area contributed by atoms with Crippen molar-refractivity contribution in [3.63, 3.8) is 0 Å². The second-order valence-electron chi connectivity index (χ2n) is 4.80. The van der Waals surface area contributed by atoms with E-state index in [0.717, 1.165) is 17.9 Å². The molecule has 3 rings (SSSR count). The molecule has 1 heterocycles. The summed E-state index contributed by atoms with van der Waals surface area (Å²) in [6, 6.07) is 2.37. The van der Waals surface area contributed by atoms with E-state index in [1.807, 2.05) is 0 Å². The van der Waals surface area contributed by atoms with Gasteiger partial charge in [-0.1, -0.05) is 6.92 Å². The van der Waals surface area contributed by atoms with E-state index in [9.17, 15) is 0 Å². The van der Waals surface area contributed by atoms with Crippen LogP contribution in [-0.4, -0.2) is 0 Å². The van der Waals surface area contributed by atoms with Crippen LogP contribution in [0.1, 0.15) is 49.3 Å². The monoisotopic (exact) mass is 191 g/mol. The lowest BCUT2D eigenvalue weighted by Crippen LogP contribution is -2.27. The highest BCUT2D eigenvalue weighted by atomic mass is 16.3. The van der Waals surface area contributed by atoms with E-state index < -0.39 is 0 Å². The van der Waals surface area contributed by atoms with Crippen LogP contribution in [0.4, 0.5) is 0 Å². The zero-order chi connectivity index (χ0) is 9.76. The van der Waals surface area contributed by atoms with Crippen molar-refractivity contribution in [2.45, 2.75) is 45.1 Å². The molecule has 2 aliphatic rings. The molecule has 1 atom stereocenters. The van der Waals surface area contributed by atoms with Crippen LogP contribution in [0, 0.1) is 5.41 Å². The van der Waals surface area contributed by atoms with Crippen molar-refractivity contribution in [3.05, 3.63) is 23.2 Å². The van der Waals surface area contributed by atoms with Crippen molar-refractivity contribution in [1.29, 1.82) is 0 Å². The van der Waals surface area contributed by atoms with Gasteiger partial charge in [-0.3, -0.25) is 0 Å². The van der Waals surface area contributed by atoms with Crippen molar-refractivity contribution in [2.24, 2.45) is 11.1 Å². The molecule has 2 aliphatic carbocycles. The molecule has 0 saturated heterocycles. The Hall–Kier alpha value is -0.760. The first-order valence-corrected chi connectivity index (χ1v) is 5.62. The number of furan rings is 1. The lowest BCUT2D eigenvalue weighted by molar-refractivity contribution is 0.295. The average Bonchev–Trinajstić information content (AvgIpc) is 2.85. The standard InChI is InChI=1S/C12H17NO/c1-2-9-7-8-3-4-12(5-6-12)11(13)10(8)14-9/h7,11H,2-6,13H2,1H3. The summed E-state index contributed by atoms with van der Waals surface area (Å²) in [7, 11) is 0. The summed E-state index contributed by atoms with van der Waals surface area (Å²) in [6.07, 6.45) is 6.02. The third-order valence-corrected chi connectivity index (χ3v) is 3.97. The maximum Gasteiger partial charge on any atom is 0.124 e. The lowest BCUT2D eigenvalue weighted by atomic mass is 9.82. The van der Waals surface area contributed by atoms with E-state index in [-0.39, 0.29) is 6.04 Å². The Bertz CT molecular complexity index is 362. The minimum Gasteiger partial charge on any atom is -0.464 e. The van der Waals surface area contributed by atoms with Crippen molar-refractivity contribution in [2.75, 3.05) is 0 Å². The molecule has 2 heteroatoms. The Kier molecular flexibility index (Phi) is 1.61. The lowest BCUT2D eigenvalue weighted by Gasteiger charge is -2.27. The highest BCUT2D eigenvalue weighted by Crippen LogP contribution is 2.60. The molecular formula is C12H17NO. The summed E-state index contributed by atoms with van der Waals surface area (Å²) in [6.45, 7) is 2.13. The Balaban J connectivity index is 2.01. The smallest absolute Gasteiger partial charge is 0.124 e. The minimum absolute atomic E-state index is 0.173. The predicted octanol–water partition coefficient (Wildman–Crippen LogP) is 2.57. The highest BCUT2D eigenvalue weighted by molar-refractivity contribution is 5.31. The molecule has 2 nitrogen and oxygen atoms in total. The first-order chi connectivity index (χ1) is 6.75. The first-order valence-electron chi connectivity index (χ1n) is 5.62. The molecule has 1 aromatic heterocycles. The third-order valence-electron chi connectivity index (χ3n) is 3.97. The van der Waals surface area contributed by atoms with Crippen LogP contribution in [-0.2, 0) is 12.8 Å². The van der Waals surface area contributed by atoms with Gasteiger partial charge in [0.25, 0.3) is 0 Å². The fraction of sp³-hybridized carbons (Fsp3) is 0.667. The molecule has 14 heavy (non-hydrogen) atoms. The van der Waals surface area contributed by atoms with Gasteiger partial charge < -0.3 is 10.2 Å². The number of fused-ring (bicyclic) bond motifs is 1. The van der Waals surface area contributed by atoms with Gasteiger partial charge in [0.05, 0.1) is 6.04 Å². The van der Waals surface area contributed by atoms with Gasteiger partial charge in [0.2, 0.25) is 0 Å². The molecule has 0 amide bonds. The SMILES string of the molecule is CCc1cc2c(o1)C(N)C1(CC2)CC1. The summed E-state index contributed by atoms with van der Waals surface area (Å²) in [4.78, 5) is 0. The zero-order valence-corrected chi connectivity index (χ0v) is 8.68. The average molecular weight is 191 g/mol. The molecule has 1 fully saturated rings. The van der Waals surface area contributed by atoms with E-state index in [4.69, 9.17) is 10.2 Å².